The summed E-state index contributed by atoms with van der Waals surface area (Å²) in [6.07, 6.45) is 0. The molecule has 1 heterocycles. The van der Waals surface area contributed by atoms with Crippen LogP contribution in [-0.4, -0.2) is 49.2 Å². The van der Waals surface area contributed by atoms with E-state index >= 15 is 0 Å². The Hall–Kier alpha value is -1.70. The van der Waals surface area contributed by atoms with Crippen molar-refractivity contribution in [3.8, 4) is 0 Å². The number of methoxy groups -OCH3 is 1. The molecular weight excluding hydrogens is 300 g/mol. The fourth-order valence-corrected chi connectivity index (χ4v) is 2.39. The molecular formula is C13H15ClN2O5. The van der Waals surface area contributed by atoms with Crippen molar-refractivity contribution >= 4 is 23.3 Å². The third kappa shape index (κ3) is 3.69. The van der Waals surface area contributed by atoms with Gasteiger partial charge in [-0.2, -0.15) is 0 Å². The first kappa shape index (κ1) is 15.7. The van der Waals surface area contributed by atoms with Crippen LogP contribution in [0.3, 0.4) is 0 Å². The molecule has 1 aliphatic rings. The maximum atomic E-state index is 11.6. The van der Waals surface area contributed by atoms with Crippen LogP contribution >= 0.6 is 11.6 Å². The summed E-state index contributed by atoms with van der Waals surface area (Å²) in [5, 5.41) is 11.1. The van der Waals surface area contributed by atoms with E-state index in [-0.39, 0.29) is 16.3 Å². The third-order valence-electron chi connectivity index (χ3n) is 3.24. The summed E-state index contributed by atoms with van der Waals surface area (Å²) >= 11 is 6.09. The van der Waals surface area contributed by atoms with E-state index in [4.69, 9.17) is 16.3 Å². The molecule has 1 fully saturated rings. The van der Waals surface area contributed by atoms with E-state index in [1.807, 2.05) is 0 Å². The average molecular weight is 315 g/mol. The minimum Gasteiger partial charge on any atom is -0.465 e. The number of rotatable bonds is 4. The van der Waals surface area contributed by atoms with Gasteiger partial charge in [-0.25, -0.2) is 4.79 Å². The molecule has 1 aliphatic heterocycles. The van der Waals surface area contributed by atoms with Gasteiger partial charge >= 0.3 is 5.97 Å². The van der Waals surface area contributed by atoms with Crippen LogP contribution in [0.1, 0.15) is 15.9 Å². The molecule has 0 aliphatic carbocycles. The van der Waals surface area contributed by atoms with Gasteiger partial charge in [-0.1, -0.05) is 11.6 Å². The molecule has 2 rings (SSSR count). The molecule has 0 atom stereocenters. The second kappa shape index (κ2) is 6.84. The average Bonchev–Trinajstić information content (AvgIpc) is 2.49. The zero-order valence-corrected chi connectivity index (χ0v) is 12.3. The number of hydrogen-bond donors (Lipinski definition) is 0. The van der Waals surface area contributed by atoms with Gasteiger partial charge in [0.1, 0.15) is 5.02 Å². The number of carbonyl (C=O) groups excluding carboxylic acids is 1. The van der Waals surface area contributed by atoms with Gasteiger partial charge in [0.25, 0.3) is 5.69 Å². The quantitative estimate of drug-likeness (QED) is 0.479. The molecule has 7 nitrogen and oxygen atoms in total. The van der Waals surface area contributed by atoms with Gasteiger partial charge in [-0.05, 0) is 11.6 Å². The van der Waals surface area contributed by atoms with E-state index in [0.717, 1.165) is 6.07 Å². The molecule has 0 aromatic heterocycles. The first-order valence-corrected chi connectivity index (χ1v) is 6.76. The van der Waals surface area contributed by atoms with Crippen LogP contribution in [0.15, 0.2) is 12.1 Å². The highest BCUT2D eigenvalue weighted by Gasteiger charge is 2.23. The summed E-state index contributed by atoms with van der Waals surface area (Å²) in [6.45, 7) is 3.07. The Morgan fingerprint density at radius 2 is 2.14 bits per heavy atom. The molecule has 1 aromatic carbocycles. The lowest BCUT2D eigenvalue weighted by Crippen LogP contribution is -2.35. The van der Waals surface area contributed by atoms with Crippen molar-refractivity contribution in [1.82, 2.24) is 4.90 Å². The zero-order valence-electron chi connectivity index (χ0n) is 11.5. The molecule has 1 aromatic rings. The summed E-state index contributed by atoms with van der Waals surface area (Å²) in [5.74, 6) is -0.627. The first-order chi connectivity index (χ1) is 10.0. The minimum atomic E-state index is -0.627. The van der Waals surface area contributed by atoms with E-state index < -0.39 is 10.9 Å². The second-order valence-electron chi connectivity index (χ2n) is 4.61. The normalized spacial score (nSPS) is 15.7. The van der Waals surface area contributed by atoms with Crippen molar-refractivity contribution in [2.24, 2.45) is 0 Å². The number of hydrogen-bond acceptors (Lipinski definition) is 6. The summed E-state index contributed by atoms with van der Waals surface area (Å²) in [7, 11) is 1.23. The maximum absolute atomic E-state index is 11.6. The Balaban J connectivity index is 2.35. The van der Waals surface area contributed by atoms with Crippen LogP contribution in [0, 0.1) is 10.1 Å². The fourth-order valence-electron chi connectivity index (χ4n) is 2.15. The number of nitrogens with zero attached hydrogens (tertiary/aromatic N) is 2. The van der Waals surface area contributed by atoms with Gasteiger partial charge in [-0.3, -0.25) is 15.0 Å². The molecule has 0 radical (unpaired) electrons. The lowest BCUT2D eigenvalue weighted by molar-refractivity contribution is -0.384. The minimum absolute atomic E-state index is 0.0548. The Morgan fingerprint density at radius 1 is 1.48 bits per heavy atom. The predicted molar refractivity (Wildman–Crippen MR) is 75.5 cm³/mol. The number of halogens is 1. The highest BCUT2D eigenvalue weighted by molar-refractivity contribution is 6.33. The Kier molecular flexibility index (Phi) is 5.11. The monoisotopic (exact) mass is 314 g/mol. The molecule has 21 heavy (non-hydrogen) atoms. The lowest BCUT2D eigenvalue weighted by Gasteiger charge is -2.26. The SMILES string of the molecule is COC(=O)c1cc(CN2CCOCC2)c(Cl)c([N+](=O)[O-])c1. The molecule has 1 saturated heterocycles. The summed E-state index contributed by atoms with van der Waals surface area (Å²) < 4.78 is 9.87. The zero-order chi connectivity index (χ0) is 15.4. The van der Waals surface area contributed by atoms with Crippen molar-refractivity contribution in [2.75, 3.05) is 33.4 Å². The summed E-state index contributed by atoms with van der Waals surface area (Å²) in [5.41, 5.74) is 0.368. The topological polar surface area (TPSA) is 81.9 Å². The summed E-state index contributed by atoms with van der Waals surface area (Å²) in [6, 6.07) is 2.67. The van der Waals surface area contributed by atoms with Crippen LogP contribution in [0.2, 0.25) is 5.02 Å². The molecule has 0 bridgehead atoms. The van der Waals surface area contributed by atoms with Crippen molar-refractivity contribution in [1.29, 1.82) is 0 Å². The highest BCUT2D eigenvalue weighted by Crippen LogP contribution is 2.31. The smallest absolute Gasteiger partial charge is 0.338 e. The molecule has 8 heteroatoms. The van der Waals surface area contributed by atoms with Crippen LogP contribution in [0.4, 0.5) is 5.69 Å². The van der Waals surface area contributed by atoms with E-state index in [1.54, 1.807) is 0 Å². The largest absolute Gasteiger partial charge is 0.465 e. The van der Waals surface area contributed by atoms with Gasteiger partial charge in [0.15, 0.2) is 0 Å². The van der Waals surface area contributed by atoms with E-state index in [2.05, 4.69) is 9.64 Å². The van der Waals surface area contributed by atoms with Gasteiger partial charge < -0.3 is 9.47 Å². The van der Waals surface area contributed by atoms with Gasteiger partial charge in [-0.15, -0.1) is 0 Å². The number of carbonyl (C=O) groups is 1. The number of ether oxygens (including phenoxy) is 2. The van der Waals surface area contributed by atoms with Crippen LogP contribution in [0.25, 0.3) is 0 Å². The standard InChI is InChI=1S/C13H15ClN2O5/c1-20-13(17)9-6-10(8-15-2-4-21-5-3-15)12(14)11(7-9)16(18)19/h6-7H,2-5,8H2,1H3. The molecule has 114 valence electrons. The molecule has 0 N–H and O–H groups in total. The van der Waals surface area contributed by atoms with E-state index in [9.17, 15) is 14.9 Å². The highest BCUT2D eigenvalue weighted by atomic mass is 35.5. The maximum Gasteiger partial charge on any atom is 0.338 e. The fraction of sp³-hybridized carbons (Fsp3) is 0.462. The third-order valence-corrected chi connectivity index (χ3v) is 3.68. The van der Waals surface area contributed by atoms with Crippen LogP contribution in [-0.2, 0) is 16.0 Å². The predicted octanol–water partition coefficient (Wildman–Crippen LogP) is 1.87. The first-order valence-electron chi connectivity index (χ1n) is 6.38. The Bertz CT molecular complexity index is 558. The molecule has 0 unspecified atom stereocenters. The van der Waals surface area contributed by atoms with Gasteiger partial charge in [0.2, 0.25) is 0 Å². The van der Waals surface area contributed by atoms with Crippen LogP contribution in [0.5, 0.6) is 0 Å². The van der Waals surface area contributed by atoms with Crippen molar-refractivity contribution in [3.05, 3.63) is 38.4 Å². The second-order valence-corrected chi connectivity index (χ2v) is 4.98. The number of morpholine rings is 1. The number of nitro groups is 1. The Morgan fingerprint density at radius 3 is 2.71 bits per heavy atom. The van der Waals surface area contributed by atoms with Crippen molar-refractivity contribution in [3.63, 3.8) is 0 Å². The van der Waals surface area contributed by atoms with Gasteiger partial charge in [0, 0.05) is 25.7 Å². The number of benzene rings is 1. The summed E-state index contributed by atoms with van der Waals surface area (Å²) in [4.78, 5) is 24.2. The molecule has 0 amide bonds. The van der Waals surface area contributed by atoms with E-state index in [1.165, 1.54) is 13.2 Å². The number of esters is 1. The van der Waals surface area contributed by atoms with Crippen molar-refractivity contribution < 1.29 is 19.2 Å². The molecule has 0 spiro atoms. The molecule has 0 saturated carbocycles. The van der Waals surface area contributed by atoms with E-state index in [0.29, 0.717) is 38.4 Å². The lowest BCUT2D eigenvalue weighted by atomic mass is 10.1. The Labute approximate surface area is 126 Å². The van der Waals surface area contributed by atoms with Crippen LogP contribution < -0.4 is 0 Å². The number of nitro benzene ring substituents is 1. The van der Waals surface area contributed by atoms with Crippen molar-refractivity contribution in [2.45, 2.75) is 6.54 Å². The van der Waals surface area contributed by atoms with Gasteiger partial charge in [0.05, 0.1) is 30.8 Å².